The maximum absolute atomic E-state index is 5.30. The summed E-state index contributed by atoms with van der Waals surface area (Å²) < 4.78 is 5.30. The SMILES string of the molecule is CCOC(=S)CCCCC(CC)Cc1ccccc1. The van der Waals surface area contributed by atoms with Crippen molar-refractivity contribution in [2.24, 2.45) is 5.92 Å². The van der Waals surface area contributed by atoms with Gasteiger partial charge in [0.15, 0.2) is 5.05 Å². The average molecular weight is 278 g/mol. The van der Waals surface area contributed by atoms with Gasteiger partial charge < -0.3 is 4.74 Å². The highest BCUT2D eigenvalue weighted by molar-refractivity contribution is 7.80. The predicted molar refractivity (Wildman–Crippen MR) is 86.6 cm³/mol. The third-order valence-corrected chi connectivity index (χ3v) is 3.82. The number of hydrogen-bond donors (Lipinski definition) is 0. The topological polar surface area (TPSA) is 9.23 Å². The zero-order valence-electron chi connectivity index (χ0n) is 12.2. The van der Waals surface area contributed by atoms with Gasteiger partial charge in [-0.25, -0.2) is 0 Å². The number of thiocarbonyl (C=S) groups is 1. The van der Waals surface area contributed by atoms with Crippen LogP contribution >= 0.6 is 12.2 Å². The van der Waals surface area contributed by atoms with Gasteiger partial charge in [-0.2, -0.15) is 0 Å². The lowest BCUT2D eigenvalue weighted by molar-refractivity contribution is 0.324. The Labute approximate surface area is 123 Å². The fraction of sp³-hybridized carbons (Fsp3) is 0.588. The van der Waals surface area contributed by atoms with Crippen LogP contribution in [0.25, 0.3) is 0 Å². The first-order valence-electron chi connectivity index (χ1n) is 7.45. The second kappa shape index (κ2) is 9.96. The molecule has 0 amide bonds. The van der Waals surface area contributed by atoms with Crippen LogP contribution in [0.1, 0.15) is 51.5 Å². The standard InChI is InChI=1S/C17H26OS/c1-3-15(14-16-11-6-5-7-12-16)10-8-9-13-17(19)18-4-2/h5-7,11-12,15H,3-4,8-10,13-14H2,1-2H3. The molecule has 1 rings (SSSR count). The molecule has 0 saturated heterocycles. The fourth-order valence-electron chi connectivity index (χ4n) is 2.33. The molecule has 1 atom stereocenters. The van der Waals surface area contributed by atoms with E-state index in [1.54, 1.807) is 0 Å². The minimum Gasteiger partial charge on any atom is -0.487 e. The van der Waals surface area contributed by atoms with E-state index < -0.39 is 0 Å². The minimum atomic E-state index is 0.699. The molecule has 0 aromatic heterocycles. The van der Waals surface area contributed by atoms with Crippen LogP contribution in [0.15, 0.2) is 30.3 Å². The van der Waals surface area contributed by atoms with Gasteiger partial charge in [-0.05, 0) is 43.5 Å². The maximum atomic E-state index is 5.30. The lowest BCUT2D eigenvalue weighted by Gasteiger charge is -2.14. The Morgan fingerprint density at radius 2 is 1.89 bits per heavy atom. The molecular formula is C17H26OS. The number of unbranched alkanes of at least 4 members (excludes halogenated alkanes) is 1. The second-order valence-electron chi connectivity index (χ2n) is 5.01. The Morgan fingerprint density at radius 1 is 1.16 bits per heavy atom. The van der Waals surface area contributed by atoms with E-state index >= 15 is 0 Å². The summed E-state index contributed by atoms with van der Waals surface area (Å²) in [5, 5.41) is 0.776. The molecule has 1 unspecified atom stereocenters. The van der Waals surface area contributed by atoms with E-state index in [9.17, 15) is 0 Å². The van der Waals surface area contributed by atoms with Crippen LogP contribution in [0.3, 0.4) is 0 Å². The monoisotopic (exact) mass is 278 g/mol. The van der Waals surface area contributed by atoms with Gasteiger partial charge in [0, 0.05) is 6.42 Å². The van der Waals surface area contributed by atoms with Gasteiger partial charge in [0.1, 0.15) is 0 Å². The van der Waals surface area contributed by atoms with Crippen molar-refractivity contribution in [3.63, 3.8) is 0 Å². The Morgan fingerprint density at radius 3 is 2.53 bits per heavy atom. The minimum absolute atomic E-state index is 0.699. The summed E-state index contributed by atoms with van der Waals surface area (Å²) in [5.41, 5.74) is 1.46. The van der Waals surface area contributed by atoms with Crippen LogP contribution in [-0.4, -0.2) is 11.7 Å². The van der Waals surface area contributed by atoms with Crippen molar-refractivity contribution in [1.82, 2.24) is 0 Å². The van der Waals surface area contributed by atoms with E-state index in [-0.39, 0.29) is 0 Å². The third kappa shape index (κ3) is 7.31. The van der Waals surface area contributed by atoms with Crippen LogP contribution in [0, 0.1) is 5.92 Å². The summed E-state index contributed by atoms with van der Waals surface area (Å²) in [5.74, 6) is 0.795. The highest BCUT2D eigenvalue weighted by Crippen LogP contribution is 2.19. The molecule has 0 bridgehead atoms. The molecule has 0 saturated carbocycles. The molecule has 0 aliphatic carbocycles. The predicted octanol–water partition coefficient (Wildman–Crippen LogP) is 5.18. The molecule has 2 heteroatoms. The van der Waals surface area contributed by atoms with Crippen molar-refractivity contribution in [3.8, 4) is 0 Å². The number of ether oxygens (including phenoxy) is 1. The Balaban J connectivity index is 2.20. The highest BCUT2D eigenvalue weighted by Gasteiger charge is 2.07. The molecule has 0 radical (unpaired) electrons. The summed E-state index contributed by atoms with van der Waals surface area (Å²) in [6.07, 6.45) is 7.09. The van der Waals surface area contributed by atoms with E-state index in [1.165, 1.54) is 31.2 Å². The van der Waals surface area contributed by atoms with Crippen LogP contribution in [-0.2, 0) is 11.2 Å². The summed E-state index contributed by atoms with van der Waals surface area (Å²) in [4.78, 5) is 0. The van der Waals surface area contributed by atoms with Crippen LogP contribution in [0.2, 0.25) is 0 Å². The molecule has 0 spiro atoms. The third-order valence-electron chi connectivity index (χ3n) is 3.49. The van der Waals surface area contributed by atoms with Crippen molar-refractivity contribution in [3.05, 3.63) is 35.9 Å². The zero-order valence-corrected chi connectivity index (χ0v) is 13.0. The molecule has 19 heavy (non-hydrogen) atoms. The maximum Gasteiger partial charge on any atom is 0.159 e. The molecule has 0 aliphatic heterocycles. The van der Waals surface area contributed by atoms with Crippen molar-refractivity contribution in [2.45, 2.75) is 52.4 Å². The van der Waals surface area contributed by atoms with Crippen LogP contribution in [0.4, 0.5) is 0 Å². The number of benzene rings is 1. The van der Waals surface area contributed by atoms with E-state index in [1.807, 2.05) is 6.92 Å². The van der Waals surface area contributed by atoms with Crippen molar-refractivity contribution in [2.75, 3.05) is 6.61 Å². The molecule has 0 N–H and O–H groups in total. The van der Waals surface area contributed by atoms with Crippen molar-refractivity contribution in [1.29, 1.82) is 0 Å². The van der Waals surface area contributed by atoms with Gasteiger partial charge in [-0.15, -0.1) is 0 Å². The van der Waals surface area contributed by atoms with E-state index in [0.717, 1.165) is 23.8 Å². The first-order chi connectivity index (χ1) is 9.26. The van der Waals surface area contributed by atoms with Crippen molar-refractivity contribution >= 4 is 17.3 Å². The molecule has 106 valence electrons. The smallest absolute Gasteiger partial charge is 0.159 e. The van der Waals surface area contributed by atoms with E-state index in [2.05, 4.69) is 37.3 Å². The normalized spacial score (nSPS) is 12.1. The second-order valence-corrected chi connectivity index (χ2v) is 5.47. The quantitative estimate of drug-likeness (QED) is 0.454. The van der Waals surface area contributed by atoms with Gasteiger partial charge in [0.2, 0.25) is 0 Å². The molecule has 1 aromatic carbocycles. The fourth-order valence-corrected chi connectivity index (χ4v) is 2.60. The van der Waals surface area contributed by atoms with Gasteiger partial charge in [-0.1, -0.05) is 56.5 Å². The molecule has 0 aliphatic rings. The van der Waals surface area contributed by atoms with Gasteiger partial charge in [0.25, 0.3) is 0 Å². The highest BCUT2D eigenvalue weighted by atomic mass is 32.1. The van der Waals surface area contributed by atoms with E-state index in [0.29, 0.717) is 6.61 Å². The summed E-state index contributed by atoms with van der Waals surface area (Å²) in [7, 11) is 0. The first kappa shape index (κ1) is 16.2. The van der Waals surface area contributed by atoms with Gasteiger partial charge in [-0.3, -0.25) is 0 Å². The van der Waals surface area contributed by atoms with Gasteiger partial charge in [0.05, 0.1) is 6.61 Å². The zero-order chi connectivity index (χ0) is 13.9. The molecule has 1 aromatic rings. The summed E-state index contributed by atoms with van der Waals surface area (Å²) >= 11 is 5.14. The number of rotatable bonds is 9. The van der Waals surface area contributed by atoms with Gasteiger partial charge >= 0.3 is 0 Å². The Kier molecular flexibility index (Phi) is 8.48. The summed E-state index contributed by atoms with van der Waals surface area (Å²) in [6.45, 7) is 4.97. The Bertz CT molecular complexity index is 348. The lowest BCUT2D eigenvalue weighted by Crippen LogP contribution is -2.05. The van der Waals surface area contributed by atoms with Crippen LogP contribution < -0.4 is 0 Å². The summed E-state index contributed by atoms with van der Waals surface area (Å²) in [6, 6.07) is 10.8. The molecule has 0 fully saturated rings. The molecule has 1 nitrogen and oxygen atoms in total. The first-order valence-corrected chi connectivity index (χ1v) is 7.86. The largest absolute Gasteiger partial charge is 0.487 e. The number of hydrogen-bond acceptors (Lipinski definition) is 2. The van der Waals surface area contributed by atoms with E-state index in [4.69, 9.17) is 17.0 Å². The Hall–Kier alpha value is -0.890. The van der Waals surface area contributed by atoms with Crippen LogP contribution in [0.5, 0.6) is 0 Å². The van der Waals surface area contributed by atoms with Crippen molar-refractivity contribution < 1.29 is 4.74 Å². The molecular weight excluding hydrogens is 252 g/mol. The average Bonchev–Trinajstić information content (AvgIpc) is 2.43. The molecule has 0 heterocycles. The lowest BCUT2D eigenvalue weighted by atomic mass is 9.92.